The molecule has 0 N–H and O–H groups in total. The highest BCUT2D eigenvalue weighted by atomic mass is 16.5. The summed E-state index contributed by atoms with van der Waals surface area (Å²) in [5.74, 6) is 3.05. The molecule has 0 aromatic heterocycles. The normalized spacial score (nSPS) is 53.0. The van der Waals surface area contributed by atoms with Crippen molar-refractivity contribution in [1.29, 1.82) is 0 Å². The van der Waals surface area contributed by atoms with Crippen molar-refractivity contribution in [3.8, 4) is 0 Å². The van der Waals surface area contributed by atoms with Gasteiger partial charge in [0.05, 0.1) is 12.0 Å². The number of rotatable bonds is 0. The molecule has 1 saturated heterocycles. The maximum Gasteiger partial charge on any atom is 0.312 e. The van der Waals surface area contributed by atoms with E-state index in [0.29, 0.717) is 36.1 Å². The molecule has 3 nitrogen and oxygen atoms in total. The van der Waals surface area contributed by atoms with Crippen molar-refractivity contribution in [2.45, 2.75) is 72.1 Å². The lowest BCUT2D eigenvalue weighted by Gasteiger charge is -2.61. The predicted octanol–water partition coefficient (Wildman–Crippen LogP) is 4.70. The summed E-state index contributed by atoms with van der Waals surface area (Å²) in [6, 6.07) is 0. The van der Waals surface area contributed by atoms with E-state index < -0.39 is 0 Å². The minimum Gasteiger partial charge on any atom is -0.465 e. The number of carbonyl (C=O) groups excluding carboxylic acids is 2. The first-order chi connectivity index (χ1) is 12.3. The maximum atomic E-state index is 12.8. The van der Waals surface area contributed by atoms with Crippen LogP contribution in [0.5, 0.6) is 0 Å². The number of cyclic esters (lactones) is 1. The lowest BCUT2D eigenvalue weighted by atomic mass is 9.43. The molecule has 3 saturated carbocycles. The van der Waals surface area contributed by atoms with Gasteiger partial charge < -0.3 is 4.74 Å². The zero-order valence-corrected chi connectivity index (χ0v) is 16.5. The molecule has 4 aliphatic carbocycles. The van der Waals surface area contributed by atoms with Gasteiger partial charge >= 0.3 is 5.97 Å². The van der Waals surface area contributed by atoms with Crippen molar-refractivity contribution in [2.75, 3.05) is 6.61 Å². The standard InChI is InChI=1S/C23H32O3/c1-14-12-15-13-16(24)4-7-21(15,2)17-5-8-22(3)18(19(14)17)6-9-23(22)10-11-26-20(23)25/h13-14,17-19H,4-12H2,1-3H3/t14?,17-,18?,19?,21+,22+,23-/m0/s1. The molecule has 0 amide bonds. The molecular formula is C23H32O3. The van der Waals surface area contributed by atoms with Gasteiger partial charge in [-0.15, -0.1) is 0 Å². The first-order valence-electron chi connectivity index (χ1n) is 10.7. The van der Waals surface area contributed by atoms with Crippen molar-refractivity contribution in [2.24, 2.45) is 39.9 Å². The van der Waals surface area contributed by atoms with Gasteiger partial charge in [-0.1, -0.05) is 26.3 Å². The van der Waals surface area contributed by atoms with Crippen molar-refractivity contribution >= 4 is 11.8 Å². The number of fused-ring (bicyclic) bond motifs is 6. The zero-order valence-electron chi connectivity index (χ0n) is 16.5. The SMILES string of the molecule is CC1CC2=CC(=O)CC[C@@]2(C)[C@H]2CC[C@]3(C)C(CC[C@@]34CCOC4=O)C12. The van der Waals surface area contributed by atoms with E-state index in [0.717, 1.165) is 38.5 Å². The summed E-state index contributed by atoms with van der Waals surface area (Å²) >= 11 is 0. The number of carbonyl (C=O) groups is 2. The molecular weight excluding hydrogens is 324 g/mol. The number of hydrogen-bond donors (Lipinski definition) is 0. The second-order valence-corrected chi connectivity index (χ2v) is 10.5. The second-order valence-electron chi connectivity index (χ2n) is 10.5. The summed E-state index contributed by atoms with van der Waals surface area (Å²) in [5.41, 5.74) is 1.54. The van der Waals surface area contributed by atoms with Gasteiger partial charge in [-0.25, -0.2) is 0 Å². The van der Waals surface area contributed by atoms with E-state index in [9.17, 15) is 9.59 Å². The van der Waals surface area contributed by atoms with Crippen LogP contribution in [0.1, 0.15) is 72.1 Å². The largest absolute Gasteiger partial charge is 0.465 e. The van der Waals surface area contributed by atoms with Gasteiger partial charge in [-0.05, 0) is 85.5 Å². The molecule has 0 radical (unpaired) electrons. The van der Waals surface area contributed by atoms with Crippen LogP contribution < -0.4 is 0 Å². The molecule has 5 rings (SSSR count). The van der Waals surface area contributed by atoms with E-state index in [2.05, 4.69) is 20.8 Å². The third-order valence-electron chi connectivity index (χ3n) is 9.83. The zero-order chi connectivity index (χ0) is 18.3. The van der Waals surface area contributed by atoms with Gasteiger partial charge in [0.2, 0.25) is 0 Å². The van der Waals surface area contributed by atoms with Crippen LogP contribution in [-0.4, -0.2) is 18.4 Å². The van der Waals surface area contributed by atoms with Crippen LogP contribution in [0.25, 0.3) is 0 Å². The lowest BCUT2D eigenvalue weighted by molar-refractivity contribution is -0.158. The van der Waals surface area contributed by atoms with Crippen LogP contribution in [0.15, 0.2) is 11.6 Å². The number of ether oxygens (including phenoxy) is 1. The Balaban J connectivity index is 1.55. The topological polar surface area (TPSA) is 43.4 Å². The molecule has 1 spiro atoms. The molecule has 0 aromatic rings. The average molecular weight is 357 g/mol. The molecule has 3 heteroatoms. The van der Waals surface area contributed by atoms with Crippen molar-refractivity contribution < 1.29 is 14.3 Å². The minimum absolute atomic E-state index is 0.0967. The van der Waals surface area contributed by atoms with Crippen LogP contribution >= 0.6 is 0 Å². The summed E-state index contributed by atoms with van der Waals surface area (Å²) in [6.45, 7) is 7.88. The smallest absolute Gasteiger partial charge is 0.312 e. The van der Waals surface area contributed by atoms with E-state index in [-0.39, 0.29) is 22.2 Å². The fraction of sp³-hybridized carbons (Fsp3) is 0.826. The Morgan fingerprint density at radius 1 is 1.04 bits per heavy atom. The Bertz CT molecular complexity index is 708. The Morgan fingerprint density at radius 2 is 1.81 bits per heavy atom. The van der Waals surface area contributed by atoms with Crippen LogP contribution in [0.4, 0.5) is 0 Å². The molecule has 1 aliphatic heterocycles. The van der Waals surface area contributed by atoms with E-state index in [1.165, 1.54) is 18.4 Å². The summed E-state index contributed by atoms with van der Waals surface area (Å²) in [7, 11) is 0. The van der Waals surface area contributed by atoms with Crippen LogP contribution in [0.2, 0.25) is 0 Å². The van der Waals surface area contributed by atoms with E-state index >= 15 is 0 Å². The van der Waals surface area contributed by atoms with Crippen LogP contribution in [0.3, 0.4) is 0 Å². The highest BCUT2D eigenvalue weighted by molar-refractivity contribution is 5.91. The van der Waals surface area contributed by atoms with Crippen LogP contribution in [0, 0.1) is 39.9 Å². The molecule has 142 valence electrons. The van der Waals surface area contributed by atoms with E-state index in [4.69, 9.17) is 4.74 Å². The molecule has 26 heavy (non-hydrogen) atoms. The molecule has 0 aromatic carbocycles. The quantitative estimate of drug-likeness (QED) is 0.591. The number of hydrogen-bond acceptors (Lipinski definition) is 3. The third kappa shape index (κ3) is 1.85. The third-order valence-corrected chi connectivity index (χ3v) is 9.83. The highest BCUT2D eigenvalue weighted by Gasteiger charge is 2.69. The summed E-state index contributed by atoms with van der Waals surface area (Å²) in [4.78, 5) is 24.8. The molecule has 0 bridgehead atoms. The van der Waals surface area contributed by atoms with Crippen molar-refractivity contribution in [3.63, 3.8) is 0 Å². The molecule has 5 aliphatic rings. The molecule has 3 unspecified atom stereocenters. The second kappa shape index (κ2) is 5.23. The highest BCUT2D eigenvalue weighted by Crippen LogP contribution is 2.72. The van der Waals surface area contributed by atoms with Gasteiger partial charge in [0, 0.05) is 6.42 Å². The van der Waals surface area contributed by atoms with E-state index in [1.807, 2.05) is 6.08 Å². The monoisotopic (exact) mass is 356 g/mol. The van der Waals surface area contributed by atoms with Gasteiger partial charge in [0.1, 0.15) is 0 Å². The van der Waals surface area contributed by atoms with Crippen molar-refractivity contribution in [3.05, 3.63) is 11.6 Å². The van der Waals surface area contributed by atoms with Gasteiger partial charge in [-0.2, -0.15) is 0 Å². The fourth-order valence-corrected chi connectivity index (χ4v) is 8.34. The molecule has 1 heterocycles. The van der Waals surface area contributed by atoms with Crippen molar-refractivity contribution in [1.82, 2.24) is 0 Å². The molecule has 7 atom stereocenters. The fourth-order valence-electron chi connectivity index (χ4n) is 8.34. The number of esters is 1. The number of ketones is 1. The Kier molecular flexibility index (Phi) is 3.42. The van der Waals surface area contributed by atoms with E-state index in [1.54, 1.807) is 0 Å². The predicted molar refractivity (Wildman–Crippen MR) is 99.3 cm³/mol. The Morgan fingerprint density at radius 3 is 2.54 bits per heavy atom. The van der Waals surface area contributed by atoms with Gasteiger partial charge in [0.25, 0.3) is 0 Å². The first-order valence-corrected chi connectivity index (χ1v) is 10.7. The Labute approximate surface area is 156 Å². The molecule has 4 fully saturated rings. The lowest BCUT2D eigenvalue weighted by Crippen LogP contribution is -2.55. The van der Waals surface area contributed by atoms with Crippen LogP contribution in [-0.2, 0) is 14.3 Å². The number of allylic oxidation sites excluding steroid dienone is 1. The first kappa shape index (κ1) is 17.0. The minimum atomic E-state index is -0.206. The summed E-state index contributed by atoms with van der Waals surface area (Å²) < 4.78 is 5.50. The maximum absolute atomic E-state index is 12.8. The summed E-state index contributed by atoms with van der Waals surface area (Å²) in [6.07, 6.45) is 10.3. The van der Waals surface area contributed by atoms with Gasteiger partial charge in [-0.3, -0.25) is 9.59 Å². The summed E-state index contributed by atoms with van der Waals surface area (Å²) in [5, 5.41) is 0. The van der Waals surface area contributed by atoms with Gasteiger partial charge in [0.15, 0.2) is 5.78 Å². The average Bonchev–Trinajstić information content (AvgIpc) is 3.12. The Hall–Kier alpha value is -1.12.